The zero-order chi connectivity index (χ0) is 15.5. The normalized spacial score (nSPS) is 11.1. The van der Waals surface area contributed by atoms with Crippen LogP contribution in [0.15, 0.2) is 35.4 Å². The fraction of sp³-hybridized carbons (Fsp3) is 0.286. The molecule has 1 heterocycles. The molecule has 0 unspecified atom stereocenters. The fourth-order valence-corrected chi connectivity index (χ4v) is 3.03. The lowest BCUT2D eigenvalue weighted by molar-refractivity contribution is 0.601. The molecule has 6 nitrogen and oxygen atoms in total. The van der Waals surface area contributed by atoms with Crippen molar-refractivity contribution < 1.29 is 8.42 Å². The molecule has 2 rings (SSSR count). The molecule has 1 aromatic carbocycles. The van der Waals surface area contributed by atoms with Crippen molar-refractivity contribution in [3.05, 3.63) is 41.7 Å². The van der Waals surface area contributed by atoms with Crippen LogP contribution in [0.25, 0.3) is 0 Å². The molecule has 21 heavy (non-hydrogen) atoms. The van der Waals surface area contributed by atoms with E-state index in [0.29, 0.717) is 17.8 Å². The summed E-state index contributed by atoms with van der Waals surface area (Å²) in [7, 11) is -1.91. The van der Waals surface area contributed by atoms with Crippen molar-refractivity contribution in [2.24, 2.45) is 7.05 Å². The van der Waals surface area contributed by atoms with Gasteiger partial charge < -0.3 is 0 Å². The van der Waals surface area contributed by atoms with Crippen molar-refractivity contribution in [1.29, 1.82) is 5.26 Å². The minimum atomic E-state index is -3.65. The molecule has 0 saturated heterocycles. The Kier molecular flexibility index (Phi) is 4.29. The summed E-state index contributed by atoms with van der Waals surface area (Å²) in [4.78, 5) is 0.162. The van der Waals surface area contributed by atoms with Gasteiger partial charge in [-0.3, -0.25) is 9.40 Å². The van der Waals surface area contributed by atoms with Gasteiger partial charge in [-0.25, -0.2) is 8.42 Å². The first-order valence-corrected chi connectivity index (χ1v) is 7.96. The first-order chi connectivity index (χ1) is 9.96. The number of hydrogen-bond donors (Lipinski definition) is 1. The Bertz CT molecular complexity index is 770. The van der Waals surface area contributed by atoms with Crippen molar-refractivity contribution in [3.63, 3.8) is 0 Å². The SMILES string of the molecule is CCc1nn(C)cc1NS(=O)(=O)c1ccc(CC#N)cc1. The molecule has 1 aromatic heterocycles. The topological polar surface area (TPSA) is 87.8 Å². The van der Waals surface area contributed by atoms with E-state index >= 15 is 0 Å². The van der Waals surface area contributed by atoms with Gasteiger partial charge in [0.05, 0.1) is 28.8 Å². The second-order valence-electron chi connectivity index (χ2n) is 4.60. The third-order valence-electron chi connectivity index (χ3n) is 3.00. The van der Waals surface area contributed by atoms with Crippen molar-refractivity contribution >= 4 is 15.7 Å². The summed E-state index contributed by atoms with van der Waals surface area (Å²) in [6.45, 7) is 1.91. The number of aryl methyl sites for hydroxylation is 2. The Balaban J connectivity index is 2.27. The Labute approximate surface area is 124 Å². The zero-order valence-electron chi connectivity index (χ0n) is 11.9. The average Bonchev–Trinajstić information content (AvgIpc) is 2.79. The van der Waals surface area contributed by atoms with E-state index in [-0.39, 0.29) is 11.3 Å². The van der Waals surface area contributed by atoms with Gasteiger partial charge in [0.2, 0.25) is 0 Å². The number of nitrogens with zero attached hydrogens (tertiary/aromatic N) is 3. The second kappa shape index (κ2) is 5.97. The fourth-order valence-electron chi connectivity index (χ4n) is 1.96. The lowest BCUT2D eigenvalue weighted by atomic mass is 10.2. The monoisotopic (exact) mass is 304 g/mol. The van der Waals surface area contributed by atoms with Crippen LogP contribution in [0.4, 0.5) is 5.69 Å². The number of sulfonamides is 1. The molecule has 0 aliphatic rings. The number of hydrogen-bond acceptors (Lipinski definition) is 4. The minimum absolute atomic E-state index is 0.162. The summed E-state index contributed by atoms with van der Waals surface area (Å²) >= 11 is 0. The molecule has 110 valence electrons. The van der Waals surface area contributed by atoms with Crippen LogP contribution in [0, 0.1) is 11.3 Å². The molecule has 0 fully saturated rings. The van der Waals surface area contributed by atoms with Gasteiger partial charge in [-0.15, -0.1) is 0 Å². The quantitative estimate of drug-likeness (QED) is 0.913. The molecule has 0 spiro atoms. The van der Waals surface area contributed by atoms with Crippen LogP contribution in [0.2, 0.25) is 0 Å². The van der Waals surface area contributed by atoms with Gasteiger partial charge in [-0.2, -0.15) is 10.4 Å². The number of nitrogens with one attached hydrogen (secondary N) is 1. The molecule has 0 amide bonds. The zero-order valence-corrected chi connectivity index (χ0v) is 12.7. The highest BCUT2D eigenvalue weighted by molar-refractivity contribution is 7.92. The maximum absolute atomic E-state index is 12.3. The molecule has 0 aliphatic carbocycles. The van der Waals surface area contributed by atoms with Gasteiger partial charge in [0.1, 0.15) is 0 Å². The van der Waals surface area contributed by atoms with E-state index in [2.05, 4.69) is 9.82 Å². The van der Waals surface area contributed by atoms with E-state index in [1.165, 1.54) is 12.1 Å². The molecule has 0 saturated carbocycles. The number of aromatic nitrogens is 2. The Morgan fingerprint density at radius 3 is 2.57 bits per heavy atom. The van der Waals surface area contributed by atoms with Crippen molar-refractivity contribution in [2.45, 2.75) is 24.7 Å². The van der Waals surface area contributed by atoms with Crippen molar-refractivity contribution in [3.8, 4) is 6.07 Å². The highest BCUT2D eigenvalue weighted by atomic mass is 32.2. The third kappa shape index (κ3) is 3.41. The van der Waals surface area contributed by atoms with Crippen molar-refractivity contribution in [1.82, 2.24) is 9.78 Å². The van der Waals surface area contributed by atoms with Crippen LogP contribution < -0.4 is 4.72 Å². The average molecular weight is 304 g/mol. The van der Waals surface area contributed by atoms with Crippen LogP contribution in [-0.2, 0) is 29.9 Å². The predicted octanol–water partition coefficient (Wildman–Crippen LogP) is 1.85. The maximum atomic E-state index is 12.3. The van der Waals surface area contributed by atoms with Gasteiger partial charge in [-0.05, 0) is 24.1 Å². The van der Waals surface area contributed by atoms with Gasteiger partial charge in [0.15, 0.2) is 0 Å². The van der Waals surface area contributed by atoms with Crippen molar-refractivity contribution in [2.75, 3.05) is 4.72 Å². The highest BCUT2D eigenvalue weighted by Crippen LogP contribution is 2.20. The molecular weight excluding hydrogens is 288 g/mol. The van der Waals surface area contributed by atoms with Crippen LogP contribution in [0.1, 0.15) is 18.2 Å². The van der Waals surface area contributed by atoms with Gasteiger partial charge in [-0.1, -0.05) is 19.1 Å². The minimum Gasteiger partial charge on any atom is -0.276 e. The molecule has 0 atom stereocenters. The van der Waals surface area contributed by atoms with Gasteiger partial charge >= 0.3 is 0 Å². The maximum Gasteiger partial charge on any atom is 0.262 e. The Hall–Kier alpha value is -2.33. The van der Waals surface area contributed by atoms with Gasteiger partial charge in [0.25, 0.3) is 10.0 Å². The van der Waals surface area contributed by atoms with Crippen LogP contribution in [0.5, 0.6) is 0 Å². The van der Waals surface area contributed by atoms with E-state index in [1.54, 1.807) is 30.1 Å². The van der Waals surface area contributed by atoms with E-state index in [4.69, 9.17) is 5.26 Å². The number of nitriles is 1. The molecule has 7 heteroatoms. The lowest BCUT2D eigenvalue weighted by Gasteiger charge is -2.07. The Morgan fingerprint density at radius 1 is 1.33 bits per heavy atom. The Morgan fingerprint density at radius 2 is 2.00 bits per heavy atom. The molecule has 2 aromatic rings. The van der Waals surface area contributed by atoms with Crippen LogP contribution in [0.3, 0.4) is 0 Å². The lowest BCUT2D eigenvalue weighted by Crippen LogP contribution is -2.13. The summed E-state index contributed by atoms with van der Waals surface area (Å²) < 4.78 is 28.8. The molecule has 1 N–H and O–H groups in total. The predicted molar refractivity (Wildman–Crippen MR) is 79.2 cm³/mol. The van der Waals surface area contributed by atoms with Crippen LogP contribution >= 0.6 is 0 Å². The summed E-state index contributed by atoms with van der Waals surface area (Å²) in [6, 6.07) is 8.30. The second-order valence-corrected chi connectivity index (χ2v) is 6.28. The van der Waals surface area contributed by atoms with E-state index in [1.807, 2.05) is 13.0 Å². The molecule has 0 bridgehead atoms. The summed E-state index contributed by atoms with van der Waals surface area (Å²) in [6.07, 6.45) is 2.54. The van der Waals surface area contributed by atoms with E-state index < -0.39 is 10.0 Å². The first-order valence-electron chi connectivity index (χ1n) is 6.47. The summed E-state index contributed by atoms with van der Waals surface area (Å²) in [5.41, 5.74) is 1.97. The smallest absolute Gasteiger partial charge is 0.262 e. The van der Waals surface area contributed by atoms with Crippen LogP contribution in [-0.4, -0.2) is 18.2 Å². The third-order valence-corrected chi connectivity index (χ3v) is 4.38. The molecule has 0 radical (unpaired) electrons. The summed E-state index contributed by atoms with van der Waals surface area (Å²) in [5, 5.41) is 12.8. The summed E-state index contributed by atoms with van der Waals surface area (Å²) in [5.74, 6) is 0. The standard InChI is InChI=1S/C14H16N4O2S/c1-3-13-14(10-18(2)16-13)17-21(19,20)12-6-4-11(5-7-12)8-9-15/h4-7,10,17H,3,8H2,1-2H3. The highest BCUT2D eigenvalue weighted by Gasteiger charge is 2.17. The number of anilines is 1. The molecule has 0 aliphatic heterocycles. The largest absolute Gasteiger partial charge is 0.276 e. The van der Waals surface area contributed by atoms with E-state index in [9.17, 15) is 8.42 Å². The van der Waals surface area contributed by atoms with E-state index in [0.717, 1.165) is 5.56 Å². The first kappa shape index (κ1) is 15.1. The number of benzene rings is 1. The number of rotatable bonds is 5. The molecular formula is C14H16N4O2S. The van der Waals surface area contributed by atoms with Gasteiger partial charge in [0, 0.05) is 13.2 Å².